The van der Waals surface area contributed by atoms with Gasteiger partial charge in [0.15, 0.2) is 0 Å². The lowest BCUT2D eigenvalue weighted by Gasteiger charge is -2.47. The van der Waals surface area contributed by atoms with E-state index in [1.807, 2.05) is 34.9 Å². The van der Waals surface area contributed by atoms with Crippen molar-refractivity contribution in [3.8, 4) is 0 Å². The maximum absolute atomic E-state index is 12.5. The Morgan fingerprint density at radius 3 is 2.73 bits per heavy atom. The van der Waals surface area contributed by atoms with Gasteiger partial charge >= 0.3 is 0 Å². The molecule has 1 aromatic heterocycles. The number of amides is 2. The zero-order valence-corrected chi connectivity index (χ0v) is 16.6. The average molecular weight is 376 g/mol. The minimum Gasteiger partial charge on any atom is -0.342 e. The van der Waals surface area contributed by atoms with Crippen LogP contribution in [0.15, 0.2) is 24.4 Å². The number of hydrogen-bond donors (Lipinski definition) is 0. The number of thioether (sulfide) groups is 1. The lowest BCUT2D eigenvalue weighted by atomic mass is 9.72. The Bertz CT molecular complexity index is 629. The molecule has 0 saturated carbocycles. The quantitative estimate of drug-likeness (QED) is 0.794. The van der Waals surface area contributed by atoms with Crippen LogP contribution in [0.25, 0.3) is 0 Å². The highest BCUT2D eigenvalue weighted by Gasteiger charge is 2.42. The highest BCUT2D eigenvalue weighted by atomic mass is 32.2. The maximum atomic E-state index is 12.5. The summed E-state index contributed by atoms with van der Waals surface area (Å²) in [6, 6.07) is 5.84. The van der Waals surface area contributed by atoms with Gasteiger partial charge in [0, 0.05) is 32.3 Å². The Hall–Kier alpha value is -1.56. The summed E-state index contributed by atoms with van der Waals surface area (Å²) < 4.78 is 0. The minimum absolute atomic E-state index is 0.0441. The van der Waals surface area contributed by atoms with Crippen LogP contribution >= 0.6 is 11.8 Å². The second kappa shape index (κ2) is 8.42. The first-order valence-corrected chi connectivity index (χ1v) is 10.7. The fourth-order valence-electron chi connectivity index (χ4n) is 4.12. The Morgan fingerprint density at radius 2 is 2.08 bits per heavy atom. The molecule has 6 heteroatoms. The second-order valence-electron chi connectivity index (χ2n) is 7.49. The molecule has 2 saturated heterocycles. The standard InChI is InChI=1S/C20H29N3O2S/c1-3-26-16(2)19(25)22-12-9-20(10-13-22)8-7-18(24)23(15-20)14-17-6-4-5-11-21-17/h4-6,11,16H,3,7-10,12-15H2,1-2H3. The molecule has 1 unspecified atom stereocenters. The van der Waals surface area contributed by atoms with Gasteiger partial charge in [-0.2, -0.15) is 0 Å². The van der Waals surface area contributed by atoms with Gasteiger partial charge in [-0.25, -0.2) is 0 Å². The first kappa shape index (κ1) is 19.2. The topological polar surface area (TPSA) is 53.5 Å². The molecule has 0 radical (unpaired) electrons. The molecule has 0 N–H and O–H groups in total. The smallest absolute Gasteiger partial charge is 0.235 e. The molecule has 2 aliphatic rings. The highest BCUT2D eigenvalue weighted by molar-refractivity contribution is 8.00. The predicted octanol–water partition coefficient (Wildman–Crippen LogP) is 2.95. The molecule has 1 atom stereocenters. The Kier molecular flexibility index (Phi) is 6.22. The third-order valence-corrected chi connectivity index (χ3v) is 6.76. The van der Waals surface area contributed by atoms with Crippen LogP contribution in [0.1, 0.15) is 45.2 Å². The fourth-order valence-corrected chi connectivity index (χ4v) is 4.91. The number of piperidine rings is 2. The van der Waals surface area contributed by atoms with Crippen molar-refractivity contribution >= 4 is 23.6 Å². The number of carbonyl (C=O) groups excluding carboxylic acids is 2. The van der Waals surface area contributed by atoms with Crippen molar-refractivity contribution in [1.29, 1.82) is 0 Å². The molecule has 26 heavy (non-hydrogen) atoms. The van der Waals surface area contributed by atoms with Gasteiger partial charge in [-0.05, 0) is 49.5 Å². The molecule has 1 aromatic rings. The van der Waals surface area contributed by atoms with Crippen LogP contribution in [0.3, 0.4) is 0 Å². The van der Waals surface area contributed by atoms with E-state index < -0.39 is 0 Å². The van der Waals surface area contributed by atoms with Gasteiger partial charge in [0.05, 0.1) is 17.5 Å². The van der Waals surface area contributed by atoms with Crippen LogP contribution in [0.5, 0.6) is 0 Å². The molecule has 0 bridgehead atoms. The lowest BCUT2D eigenvalue weighted by Crippen LogP contribution is -2.53. The van der Waals surface area contributed by atoms with Crippen molar-refractivity contribution in [2.45, 2.75) is 51.3 Å². The van der Waals surface area contributed by atoms with E-state index in [1.54, 1.807) is 18.0 Å². The van der Waals surface area contributed by atoms with Crippen LogP contribution in [-0.2, 0) is 16.1 Å². The van der Waals surface area contributed by atoms with E-state index in [4.69, 9.17) is 0 Å². The number of nitrogens with zero attached hydrogens (tertiary/aromatic N) is 3. The normalized spacial score (nSPS) is 21.1. The summed E-state index contributed by atoms with van der Waals surface area (Å²) >= 11 is 1.71. The molecular formula is C20H29N3O2S. The molecule has 0 aliphatic carbocycles. The van der Waals surface area contributed by atoms with E-state index in [0.29, 0.717) is 13.0 Å². The van der Waals surface area contributed by atoms with Crippen molar-refractivity contribution in [3.05, 3.63) is 30.1 Å². The SMILES string of the molecule is CCSC(C)C(=O)N1CCC2(CCC(=O)N(Cc3ccccn3)C2)CC1. The first-order chi connectivity index (χ1) is 12.5. The lowest BCUT2D eigenvalue weighted by molar-refractivity contribution is -0.142. The van der Waals surface area contributed by atoms with Crippen molar-refractivity contribution in [1.82, 2.24) is 14.8 Å². The van der Waals surface area contributed by atoms with Crippen molar-refractivity contribution in [3.63, 3.8) is 0 Å². The van der Waals surface area contributed by atoms with Gasteiger partial charge in [0.2, 0.25) is 11.8 Å². The van der Waals surface area contributed by atoms with E-state index in [1.165, 1.54) is 0 Å². The Labute approximate surface area is 160 Å². The van der Waals surface area contributed by atoms with Gasteiger partial charge in [0.25, 0.3) is 0 Å². The van der Waals surface area contributed by atoms with Crippen LogP contribution in [0.2, 0.25) is 0 Å². The van der Waals surface area contributed by atoms with Crippen molar-refractivity contribution in [2.75, 3.05) is 25.4 Å². The van der Waals surface area contributed by atoms with Crippen LogP contribution in [0.4, 0.5) is 0 Å². The van der Waals surface area contributed by atoms with Crippen LogP contribution < -0.4 is 0 Å². The summed E-state index contributed by atoms with van der Waals surface area (Å²) in [7, 11) is 0. The zero-order valence-electron chi connectivity index (χ0n) is 15.8. The predicted molar refractivity (Wildman–Crippen MR) is 105 cm³/mol. The third-order valence-electron chi connectivity index (χ3n) is 5.73. The van der Waals surface area contributed by atoms with Gasteiger partial charge in [-0.15, -0.1) is 11.8 Å². The fraction of sp³-hybridized carbons (Fsp3) is 0.650. The van der Waals surface area contributed by atoms with Gasteiger partial charge in [-0.3, -0.25) is 14.6 Å². The number of hydrogen-bond acceptors (Lipinski definition) is 4. The van der Waals surface area contributed by atoms with Gasteiger partial charge in [0.1, 0.15) is 0 Å². The van der Waals surface area contributed by atoms with E-state index in [2.05, 4.69) is 11.9 Å². The number of likely N-dealkylation sites (tertiary alicyclic amines) is 2. The van der Waals surface area contributed by atoms with E-state index in [-0.39, 0.29) is 22.5 Å². The van der Waals surface area contributed by atoms with E-state index in [9.17, 15) is 9.59 Å². The zero-order chi connectivity index (χ0) is 18.6. The molecule has 3 rings (SSSR count). The molecule has 142 valence electrons. The van der Waals surface area contributed by atoms with Gasteiger partial charge < -0.3 is 9.80 Å². The molecule has 3 heterocycles. The Balaban J connectivity index is 1.59. The average Bonchev–Trinajstić information content (AvgIpc) is 2.66. The number of carbonyl (C=O) groups is 2. The molecule has 2 fully saturated rings. The van der Waals surface area contributed by atoms with Crippen LogP contribution in [-0.4, -0.2) is 57.2 Å². The molecule has 5 nitrogen and oxygen atoms in total. The highest BCUT2D eigenvalue weighted by Crippen LogP contribution is 2.40. The van der Waals surface area contributed by atoms with E-state index in [0.717, 1.165) is 50.3 Å². The third kappa shape index (κ3) is 4.40. The summed E-state index contributed by atoms with van der Waals surface area (Å²) in [6.45, 7) is 7.12. The number of pyridine rings is 1. The number of rotatable bonds is 5. The molecule has 2 aliphatic heterocycles. The summed E-state index contributed by atoms with van der Waals surface area (Å²) in [5, 5.41) is 0.0441. The maximum Gasteiger partial charge on any atom is 0.235 e. The summed E-state index contributed by atoms with van der Waals surface area (Å²) in [4.78, 5) is 33.3. The van der Waals surface area contributed by atoms with Crippen molar-refractivity contribution in [2.24, 2.45) is 5.41 Å². The Morgan fingerprint density at radius 1 is 1.31 bits per heavy atom. The monoisotopic (exact) mass is 375 g/mol. The van der Waals surface area contributed by atoms with Gasteiger partial charge in [-0.1, -0.05) is 13.0 Å². The molecular weight excluding hydrogens is 346 g/mol. The second-order valence-corrected chi connectivity index (χ2v) is 9.11. The van der Waals surface area contributed by atoms with Crippen molar-refractivity contribution < 1.29 is 9.59 Å². The largest absolute Gasteiger partial charge is 0.342 e. The van der Waals surface area contributed by atoms with E-state index >= 15 is 0 Å². The first-order valence-electron chi connectivity index (χ1n) is 9.61. The molecule has 0 aromatic carbocycles. The van der Waals surface area contributed by atoms with Crippen LogP contribution in [0, 0.1) is 5.41 Å². The minimum atomic E-state index is 0.0441. The summed E-state index contributed by atoms with van der Waals surface area (Å²) in [5.74, 6) is 1.46. The molecule has 2 amide bonds. The number of aromatic nitrogens is 1. The molecule has 1 spiro atoms. The summed E-state index contributed by atoms with van der Waals surface area (Å²) in [5.41, 5.74) is 1.11. The summed E-state index contributed by atoms with van der Waals surface area (Å²) in [6.07, 6.45) is 5.33.